The van der Waals surface area contributed by atoms with Gasteiger partial charge in [-0.3, -0.25) is 0 Å². The minimum Gasteiger partial charge on any atom is -0.237 e. The van der Waals surface area contributed by atoms with Crippen molar-refractivity contribution in [2.45, 2.75) is 6.92 Å². The molecule has 0 bridgehead atoms. The largest absolute Gasteiger partial charge is 0.322 e. The van der Waals surface area contributed by atoms with Gasteiger partial charge >= 0.3 is 6.07 Å². The van der Waals surface area contributed by atoms with Crippen LogP contribution in [0.2, 0.25) is 0 Å². The normalized spacial score (nSPS) is 9.50. The Bertz CT molecular complexity index is 344. The molecule has 1 aromatic rings. The number of nitrogens with zero attached hydrogens (tertiary/aromatic N) is 3. The van der Waals surface area contributed by atoms with Gasteiger partial charge in [0.25, 0.3) is 7.05 Å². The minimum atomic E-state index is 0.716. The average Bonchev–Trinajstić information content (AvgIpc) is 2.09. The molecule has 1 heterocycles. The van der Waals surface area contributed by atoms with Crippen LogP contribution in [0.15, 0.2) is 23.3 Å². The van der Waals surface area contributed by atoms with Crippen LogP contribution in [0, 0.1) is 13.0 Å². The van der Waals surface area contributed by atoms with Crippen LogP contribution in [0.25, 0.3) is 4.85 Å². The second-order valence-corrected chi connectivity index (χ2v) is 2.25. The van der Waals surface area contributed by atoms with Crippen LogP contribution in [0.3, 0.4) is 0 Å². The number of aliphatic imine (C=N–C) groups is 1. The molecule has 3 nitrogen and oxygen atoms in total. The fourth-order valence-corrected chi connectivity index (χ4v) is 0.760. The molecule has 1 rings (SSSR count). The summed E-state index contributed by atoms with van der Waals surface area (Å²) in [6, 6.07) is 6.46. The highest BCUT2D eigenvalue weighted by molar-refractivity contribution is 5.79. The molecule has 0 saturated carbocycles. The van der Waals surface area contributed by atoms with E-state index in [0.717, 1.165) is 5.56 Å². The number of hydrogen-bond donors (Lipinski definition) is 0. The highest BCUT2D eigenvalue weighted by Crippen LogP contribution is 2.11. The fraction of sp³-hybridized carbons (Fsp3) is 0.222. The highest BCUT2D eigenvalue weighted by atomic mass is 14.9. The van der Waals surface area contributed by atoms with Gasteiger partial charge in [-0.1, -0.05) is 10.9 Å². The molecule has 0 aromatic carbocycles. The van der Waals surface area contributed by atoms with Crippen molar-refractivity contribution in [2.24, 2.45) is 4.99 Å². The van der Waals surface area contributed by atoms with Crippen molar-refractivity contribution in [3.8, 4) is 6.07 Å². The topological polar surface area (TPSA) is 29.6 Å². The van der Waals surface area contributed by atoms with Gasteiger partial charge in [0.2, 0.25) is 0 Å². The summed E-state index contributed by atoms with van der Waals surface area (Å²) in [5.41, 5.74) is 1.05. The van der Waals surface area contributed by atoms with E-state index >= 15 is 0 Å². The zero-order chi connectivity index (χ0) is 8.81. The first kappa shape index (κ1) is 8.41. The maximum absolute atomic E-state index is 4.07. The molecule has 0 spiro atoms. The number of rotatable bonds is 1. The third kappa shape index (κ3) is 2.17. The van der Waals surface area contributed by atoms with Crippen molar-refractivity contribution in [3.05, 3.63) is 28.7 Å². The number of aryl methyl sites for hydroxylation is 1. The summed E-state index contributed by atoms with van der Waals surface area (Å²) >= 11 is 0. The van der Waals surface area contributed by atoms with Crippen LogP contribution in [-0.2, 0) is 0 Å². The average molecular weight is 160 g/mol. The predicted octanol–water partition coefficient (Wildman–Crippen LogP) is 2.06. The zero-order valence-corrected chi connectivity index (χ0v) is 7.15. The number of pyridine rings is 1. The third-order valence-electron chi connectivity index (χ3n) is 1.36. The molecule has 0 amide bonds. The highest BCUT2D eigenvalue weighted by Gasteiger charge is 1.92. The van der Waals surface area contributed by atoms with E-state index < -0.39 is 0 Å². The van der Waals surface area contributed by atoms with Gasteiger partial charge in [-0.2, -0.15) is 0 Å². The second-order valence-electron chi connectivity index (χ2n) is 2.25. The van der Waals surface area contributed by atoms with Gasteiger partial charge in [0, 0.05) is 6.20 Å². The Morgan fingerprint density at radius 3 is 3.17 bits per heavy atom. The summed E-state index contributed by atoms with van der Waals surface area (Å²) < 4.78 is 0. The van der Waals surface area contributed by atoms with Crippen LogP contribution < -0.4 is 0 Å². The molecule has 0 atom stereocenters. The van der Waals surface area contributed by atoms with Crippen molar-refractivity contribution in [3.63, 3.8) is 0 Å². The van der Waals surface area contributed by atoms with Crippen LogP contribution in [0.4, 0.5) is 5.82 Å². The molecule has 12 heavy (non-hydrogen) atoms. The van der Waals surface area contributed by atoms with Gasteiger partial charge in [0.15, 0.2) is 12.0 Å². The standard InChI is InChI=1S/C9H10N3/c1-8-4-3-5-11-9(8)12-7-6-10-2/h3-5,7H,1-2H3/q+1. The van der Waals surface area contributed by atoms with E-state index in [0.29, 0.717) is 5.82 Å². The van der Waals surface area contributed by atoms with Gasteiger partial charge in [-0.05, 0) is 18.6 Å². The molecule has 0 N–H and O–H groups in total. The van der Waals surface area contributed by atoms with Crippen LogP contribution in [0.1, 0.15) is 5.56 Å². The molecule has 0 unspecified atom stereocenters. The lowest BCUT2D eigenvalue weighted by Gasteiger charge is -1.93. The van der Waals surface area contributed by atoms with Crippen LogP contribution in [-0.4, -0.2) is 18.2 Å². The van der Waals surface area contributed by atoms with E-state index in [1.807, 2.05) is 19.1 Å². The Hall–Kier alpha value is -1.69. The fourth-order valence-electron chi connectivity index (χ4n) is 0.760. The molecular formula is C9H10N3+. The second kappa shape index (κ2) is 4.24. The van der Waals surface area contributed by atoms with Gasteiger partial charge in [-0.15, -0.1) is 0 Å². The van der Waals surface area contributed by atoms with Crippen molar-refractivity contribution < 1.29 is 0 Å². The SMILES string of the molecule is C[N+]#CC=Nc1ncccc1C. The monoisotopic (exact) mass is 160 g/mol. The summed E-state index contributed by atoms with van der Waals surface area (Å²) in [6.45, 7) is 1.96. The molecule has 0 radical (unpaired) electrons. The lowest BCUT2D eigenvalue weighted by molar-refractivity contribution is 1.23. The van der Waals surface area contributed by atoms with Gasteiger partial charge in [0.05, 0.1) is 0 Å². The first-order valence-electron chi connectivity index (χ1n) is 3.63. The zero-order valence-electron chi connectivity index (χ0n) is 7.15. The van der Waals surface area contributed by atoms with Gasteiger partial charge in [-0.25, -0.2) is 9.98 Å². The van der Waals surface area contributed by atoms with E-state index in [1.165, 1.54) is 6.21 Å². The molecule has 0 saturated heterocycles. The summed E-state index contributed by atoms with van der Waals surface area (Å²) in [5.74, 6) is 0.716. The molecule has 60 valence electrons. The lowest BCUT2D eigenvalue weighted by Crippen LogP contribution is -1.78. The maximum Gasteiger partial charge on any atom is 0.322 e. The minimum absolute atomic E-state index is 0.716. The lowest BCUT2D eigenvalue weighted by atomic mass is 10.3. The number of aromatic nitrogens is 1. The summed E-state index contributed by atoms with van der Waals surface area (Å²) in [6.07, 6.45) is 3.22. The van der Waals surface area contributed by atoms with Crippen LogP contribution >= 0.6 is 0 Å². The summed E-state index contributed by atoms with van der Waals surface area (Å²) in [5, 5.41) is 0. The van der Waals surface area contributed by atoms with Crippen LogP contribution in [0.5, 0.6) is 0 Å². The third-order valence-corrected chi connectivity index (χ3v) is 1.36. The Kier molecular flexibility index (Phi) is 2.97. The molecule has 3 heteroatoms. The smallest absolute Gasteiger partial charge is 0.237 e. The molecule has 0 fully saturated rings. The Balaban J connectivity index is 2.87. The van der Waals surface area contributed by atoms with Crippen molar-refractivity contribution in [1.29, 1.82) is 0 Å². The maximum atomic E-state index is 4.07. The first-order chi connectivity index (χ1) is 5.84. The van der Waals surface area contributed by atoms with Crippen molar-refractivity contribution >= 4 is 12.0 Å². The molecule has 1 aromatic heterocycles. The molecule has 0 aliphatic rings. The van der Waals surface area contributed by atoms with Crippen molar-refractivity contribution in [2.75, 3.05) is 7.05 Å². The number of hydrogen-bond acceptors (Lipinski definition) is 2. The predicted molar refractivity (Wildman–Crippen MR) is 50.3 cm³/mol. The quantitative estimate of drug-likeness (QED) is 0.578. The molecular weight excluding hydrogens is 150 g/mol. The first-order valence-corrected chi connectivity index (χ1v) is 3.63. The Labute approximate surface area is 71.6 Å². The van der Waals surface area contributed by atoms with E-state index in [1.54, 1.807) is 13.2 Å². The van der Waals surface area contributed by atoms with Gasteiger partial charge < -0.3 is 0 Å². The molecule has 0 aliphatic heterocycles. The Morgan fingerprint density at radius 2 is 2.50 bits per heavy atom. The van der Waals surface area contributed by atoms with E-state index in [4.69, 9.17) is 0 Å². The van der Waals surface area contributed by atoms with E-state index in [9.17, 15) is 0 Å². The van der Waals surface area contributed by atoms with Crippen molar-refractivity contribution in [1.82, 2.24) is 4.98 Å². The van der Waals surface area contributed by atoms with Gasteiger partial charge in [0.1, 0.15) is 0 Å². The van der Waals surface area contributed by atoms with E-state index in [-0.39, 0.29) is 0 Å². The molecule has 0 aliphatic carbocycles. The Morgan fingerprint density at radius 1 is 1.67 bits per heavy atom. The summed E-state index contributed by atoms with van der Waals surface area (Å²) in [4.78, 5) is 11.8. The summed E-state index contributed by atoms with van der Waals surface area (Å²) in [7, 11) is 1.65. The van der Waals surface area contributed by atoms with E-state index in [2.05, 4.69) is 20.9 Å².